The summed E-state index contributed by atoms with van der Waals surface area (Å²) in [6.45, 7) is 8.63. The third-order valence-electron chi connectivity index (χ3n) is 3.73. The molecule has 5 heteroatoms. The maximum atomic E-state index is 11.2. The summed E-state index contributed by atoms with van der Waals surface area (Å²) in [6, 6.07) is 0. The zero-order valence-electron chi connectivity index (χ0n) is 12.5. The normalized spacial score (nSPS) is 21.4. The molecule has 0 bridgehead atoms. The lowest BCUT2D eigenvalue weighted by molar-refractivity contribution is -0.145. The van der Waals surface area contributed by atoms with Crippen molar-refractivity contribution < 1.29 is 14.3 Å². The van der Waals surface area contributed by atoms with Crippen LogP contribution >= 0.6 is 0 Å². The Kier molecular flexibility index (Phi) is 6.75. The second-order valence-electron chi connectivity index (χ2n) is 6.05. The molecule has 1 heterocycles. The summed E-state index contributed by atoms with van der Waals surface area (Å²) in [7, 11) is 1.41. The number of hydrogen-bond acceptors (Lipinski definition) is 5. The van der Waals surface area contributed by atoms with Crippen molar-refractivity contribution in [3.8, 4) is 0 Å². The number of nitrogens with two attached hydrogens (primary N) is 1. The van der Waals surface area contributed by atoms with E-state index in [4.69, 9.17) is 10.5 Å². The van der Waals surface area contributed by atoms with Crippen LogP contribution in [0.5, 0.6) is 0 Å². The van der Waals surface area contributed by atoms with E-state index < -0.39 is 0 Å². The monoisotopic (exact) mass is 272 g/mol. The topological polar surface area (TPSA) is 64.8 Å². The lowest BCUT2D eigenvalue weighted by atomic mass is 9.88. The second kappa shape index (κ2) is 7.82. The van der Waals surface area contributed by atoms with E-state index in [0.29, 0.717) is 13.0 Å². The van der Waals surface area contributed by atoms with Crippen molar-refractivity contribution in [2.45, 2.75) is 39.2 Å². The summed E-state index contributed by atoms with van der Waals surface area (Å²) in [6.07, 6.45) is 2.59. The highest BCUT2D eigenvalue weighted by Gasteiger charge is 2.23. The first-order valence-electron chi connectivity index (χ1n) is 7.07. The Balaban J connectivity index is 2.25. The second-order valence-corrected chi connectivity index (χ2v) is 6.05. The van der Waals surface area contributed by atoms with Crippen LogP contribution in [-0.4, -0.2) is 56.9 Å². The quantitative estimate of drug-likeness (QED) is 0.701. The van der Waals surface area contributed by atoms with Gasteiger partial charge in [0.05, 0.1) is 26.2 Å². The third kappa shape index (κ3) is 6.36. The van der Waals surface area contributed by atoms with Gasteiger partial charge in [-0.05, 0) is 31.3 Å². The fourth-order valence-corrected chi connectivity index (χ4v) is 2.26. The highest BCUT2D eigenvalue weighted by molar-refractivity contribution is 5.69. The fraction of sp³-hybridized carbons (Fsp3) is 0.929. The molecule has 1 aliphatic heterocycles. The summed E-state index contributed by atoms with van der Waals surface area (Å²) in [4.78, 5) is 13.6. The van der Waals surface area contributed by atoms with E-state index in [0.717, 1.165) is 39.0 Å². The fourth-order valence-electron chi connectivity index (χ4n) is 2.26. The summed E-state index contributed by atoms with van der Waals surface area (Å²) in [5, 5.41) is 0. The van der Waals surface area contributed by atoms with E-state index in [9.17, 15) is 4.79 Å². The lowest BCUT2D eigenvalue weighted by Crippen LogP contribution is -2.44. The predicted octanol–water partition coefficient (Wildman–Crippen LogP) is 1.02. The Morgan fingerprint density at radius 2 is 2.26 bits per heavy atom. The molecule has 1 aliphatic rings. The number of ether oxygens (including phenoxy) is 2. The minimum Gasteiger partial charge on any atom is -0.469 e. The van der Waals surface area contributed by atoms with Crippen LogP contribution in [0, 0.1) is 5.41 Å². The highest BCUT2D eigenvalue weighted by Crippen LogP contribution is 2.21. The van der Waals surface area contributed by atoms with Crippen molar-refractivity contribution in [3.05, 3.63) is 0 Å². The van der Waals surface area contributed by atoms with Gasteiger partial charge in [-0.25, -0.2) is 0 Å². The zero-order chi connectivity index (χ0) is 14.3. The molecule has 1 fully saturated rings. The number of rotatable bonds is 7. The molecular weight excluding hydrogens is 244 g/mol. The van der Waals surface area contributed by atoms with E-state index in [1.54, 1.807) is 0 Å². The highest BCUT2D eigenvalue weighted by atomic mass is 16.5. The first-order valence-corrected chi connectivity index (χ1v) is 7.07. The summed E-state index contributed by atoms with van der Waals surface area (Å²) in [5.74, 6) is -0.198. The Morgan fingerprint density at radius 1 is 1.53 bits per heavy atom. The summed E-state index contributed by atoms with van der Waals surface area (Å²) >= 11 is 0. The van der Waals surface area contributed by atoms with Crippen LogP contribution in [0.1, 0.15) is 33.1 Å². The first kappa shape index (κ1) is 16.4. The van der Waals surface area contributed by atoms with Gasteiger partial charge >= 0.3 is 5.97 Å². The van der Waals surface area contributed by atoms with Crippen LogP contribution in [0.2, 0.25) is 0 Å². The smallest absolute Gasteiger partial charge is 0.308 e. The minimum absolute atomic E-state index is 0.0243. The van der Waals surface area contributed by atoms with E-state index in [2.05, 4.69) is 23.5 Å². The molecule has 0 radical (unpaired) electrons. The van der Waals surface area contributed by atoms with Gasteiger partial charge in [0.25, 0.3) is 0 Å². The van der Waals surface area contributed by atoms with Crippen molar-refractivity contribution in [2.24, 2.45) is 11.1 Å². The van der Waals surface area contributed by atoms with Gasteiger partial charge in [-0.15, -0.1) is 0 Å². The third-order valence-corrected chi connectivity index (χ3v) is 3.73. The molecule has 112 valence electrons. The van der Waals surface area contributed by atoms with E-state index in [1.165, 1.54) is 7.11 Å². The van der Waals surface area contributed by atoms with Crippen LogP contribution in [0.15, 0.2) is 0 Å². The van der Waals surface area contributed by atoms with Crippen molar-refractivity contribution in [2.75, 3.05) is 39.9 Å². The lowest BCUT2D eigenvalue weighted by Gasteiger charge is -2.33. The average Bonchev–Trinajstić information content (AvgIpc) is 2.39. The van der Waals surface area contributed by atoms with E-state index in [1.807, 2.05) is 0 Å². The molecule has 1 atom stereocenters. The van der Waals surface area contributed by atoms with Crippen molar-refractivity contribution in [1.29, 1.82) is 0 Å². The number of carbonyl (C=O) groups is 1. The average molecular weight is 272 g/mol. The minimum atomic E-state index is -0.198. The van der Waals surface area contributed by atoms with Crippen molar-refractivity contribution >= 4 is 5.97 Å². The van der Waals surface area contributed by atoms with Gasteiger partial charge in [0.1, 0.15) is 0 Å². The standard InChI is InChI=1S/C14H28N2O3/c1-14(2,11-15)5-4-6-16-7-8-19-12(10-16)9-13(17)18-3/h12H,4-11,15H2,1-3H3. The molecule has 1 unspecified atom stereocenters. The molecule has 0 aliphatic carbocycles. The van der Waals surface area contributed by atoms with Crippen LogP contribution in [0.3, 0.4) is 0 Å². The van der Waals surface area contributed by atoms with Crippen LogP contribution in [0.25, 0.3) is 0 Å². The van der Waals surface area contributed by atoms with Crippen LogP contribution < -0.4 is 5.73 Å². The predicted molar refractivity (Wildman–Crippen MR) is 74.9 cm³/mol. The maximum absolute atomic E-state index is 11.2. The molecule has 19 heavy (non-hydrogen) atoms. The van der Waals surface area contributed by atoms with Gasteiger partial charge in [0.15, 0.2) is 0 Å². The molecule has 1 rings (SSSR count). The van der Waals surface area contributed by atoms with Gasteiger partial charge in [0, 0.05) is 13.1 Å². The first-order chi connectivity index (χ1) is 8.96. The number of morpholine rings is 1. The summed E-state index contributed by atoms with van der Waals surface area (Å²) in [5.41, 5.74) is 5.95. The van der Waals surface area contributed by atoms with Crippen molar-refractivity contribution in [3.63, 3.8) is 0 Å². The molecule has 0 aromatic rings. The largest absolute Gasteiger partial charge is 0.469 e. The molecule has 2 N–H and O–H groups in total. The molecular formula is C14H28N2O3. The molecule has 0 aromatic carbocycles. The number of carbonyl (C=O) groups excluding carboxylic acids is 1. The SMILES string of the molecule is COC(=O)CC1CN(CCCC(C)(C)CN)CCO1. The van der Waals surface area contributed by atoms with Gasteiger partial charge < -0.3 is 15.2 Å². The van der Waals surface area contributed by atoms with E-state index in [-0.39, 0.29) is 17.5 Å². The van der Waals surface area contributed by atoms with Gasteiger partial charge in [-0.2, -0.15) is 0 Å². The summed E-state index contributed by atoms with van der Waals surface area (Å²) < 4.78 is 10.3. The maximum Gasteiger partial charge on any atom is 0.308 e. The number of esters is 1. The van der Waals surface area contributed by atoms with Crippen LogP contribution in [0.4, 0.5) is 0 Å². The van der Waals surface area contributed by atoms with Crippen molar-refractivity contribution in [1.82, 2.24) is 4.90 Å². The van der Waals surface area contributed by atoms with Gasteiger partial charge in [0.2, 0.25) is 0 Å². The molecule has 0 saturated carbocycles. The Bertz CT molecular complexity index is 282. The Labute approximate surface area is 116 Å². The molecule has 5 nitrogen and oxygen atoms in total. The van der Waals surface area contributed by atoms with Crippen LogP contribution in [-0.2, 0) is 14.3 Å². The Hall–Kier alpha value is -0.650. The molecule has 0 amide bonds. The van der Waals surface area contributed by atoms with Gasteiger partial charge in [-0.1, -0.05) is 13.8 Å². The molecule has 0 spiro atoms. The number of nitrogens with zero attached hydrogens (tertiary/aromatic N) is 1. The number of methoxy groups -OCH3 is 1. The molecule has 1 saturated heterocycles. The van der Waals surface area contributed by atoms with E-state index >= 15 is 0 Å². The zero-order valence-corrected chi connectivity index (χ0v) is 12.5. The Morgan fingerprint density at radius 3 is 2.89 bits per heavy atom. The number of hydrogen-bond donors (Lipinski definition) is 1. The molecule has 0 aromatic heterocycles. The van der Waals surface area contributed by atoms with Gasteiger partial charge in [-0.3, -0.25) is 9.69 Å².